The fraction of sp³-hybridized carbons (Fsp3) is 0.462. The van der Waals surface area contributed by atoms with Crippen molar-refractivity contribution in [3.8, 4) is 11.5 Å². The maximum atomic E-state index is 11.1. The van der Waals surface area contributed by atoms with Crippen molar-refractivity contribution in [2.24, 2.45) is 0 Å². The number of aliphatic carboxylic acids is 1. The lowest BCUT2D eigenvalue weighted by atomic mass is 10.1. The molecule has 0 bridgehead atoms. The minimum absolute atomic E-state index is 0.0271. The van der Waals surface area contributed by atoms with Crippen molar-refractivity contribution >= 4 is 17.7 Å². The van der Waals surface area contributed by atoms with E-state index in [9.17, 15) is 4.79 Å². The van der Waals surface area contributed by atoms with E-state index in [4.69, 9.17) is 14.6 Å². The Morgan fingerprint density at radius 3 is 2.79 bits per heavy atom. The molecule has 2 atom stereocenters. The molecule has 2 rings (SSSR count). The highest BCUT2D eigenvalue weighted by Gasteiger charge is 2.28. The summed E-state index contributed by atoms with van der Waals surface area (Å²) < 4.78 is 10.5. The molecule has 0 amide bonds. The van der Waals surface area contributed by atoms with Crippen LogP contribution in [0.2, 0.25) is 0 Å². The van der Waals surface area contributed by atoms with Crippen LogP contribution in [0.3, 0.4) is 0 Å². The number of rotatable bonds is 4. The summed E-state index contributed by atoms with van der Waals surface area (Å²) in [6, 6.07) is 5.04. The van der Waals surface area contributed by atoms with E-state index in [0.29, 0.717) is 11.5 Å². The number of benzene rings is 1. The summed E-state index contributed by atoms with van der Waals surface area (Å²) in [5.41, 5.74) is 0.960. The average molecular weight is 283 g/mol. The third-order valence-electron chi connectivity index (χ3n) is 3.09. The zero-order chi connectivity index (χ0) is 13.8. The van der Waals surface area contributed by atoms with Crippen LogP contribution in [0, 0.1) is 0 Å². The van der Waals surface area contributed by atoms with Crippen LogP contribution in [0.15, 0.2) is 18.2 Å². The second-order valence-electron chi connectivity index (χ2n) is 4.26. The number of carboxylic acids is 1. The van der Waals surface area contributed by atoms with Crippen LogP contribution in [0.1, 0.15) is 11.6 Å². The molecule has 0 aliphatic carbocycles. The molecular weight excluding hydrogens is 266 g/mol. The van der Waals surface area contributed by atoms with E-state index in [1.165, 1.54) is 0 Å². The van der Waals surface area contributed by atoms with Crippen molar-refractivity contribution in [2.75, 3.05) is 25.7 Å². The van der Waals surface area contributed by atoms with E-state index in [1.807, 2.05) is 18.2 Å². The summed E-state index contributed by atoms with van der Waals surface area (Å²) in [5, 5.41) is 12.2. The SMILES string of the molecule is COc1ccc(C2CSCC(C(=O)O)N2)c(OC)c1. The van der Waals surface area contributed by atoms with E-state index in [-0.39, 0.29) is 6.04 Å². The number of ether oxygens (including phenoxy) is 2. The Labute approximate surface area is 116 Å². The second-order valence-corrected chi connectivity index (χ2v) is 5.33. The average Bonchev–Trinajstić information content (AvgIpc) is 2.46. The van der Waals surface area contributed by atoms with Crippen LogP contribution in [-0.4, -0.2) is 42.8 Å². The Morgan fingerprint density at radius 2 is 2.16 bits per heavy atom. The zero-order valence-electron chi connectivity index (χ0n) is 10.9. The predicted molar refractivity (Wildman–Crippen MR) is 74.2 cm³/mol. The van der Waals surface area contributed by atoms with Crippen molar-refractivity contribution in [2.45, 2.75) is 12.1 Å². The first-order valence-corrected chi connectivity index (χ1v) is 7.09. The zero-order valence-corrected chi connectivity index (χ0v) is 11.7. The molecule has 1 saturated heterocycles. The first kappa shape index (κ1) is 14.0. The molecule has 2 N–H and O–H groups in total. The van der Waals surface area contributed by atoms with Gasteiger partial charge in [0.05, 0.1) is 14.2 Å². The molecule has 104 valence electrons. The third-order valence-corrected chi connectivity index (χ3v) is 4.22. The minimum atomic E-state index is -0.815. The molecule has 0 spiro atoms. The van der Waals surface area contributed by atoms with Gasteiger partial charge in [0.15, 0.2) is 0 Å². The molecule has 1 aromatic carbocycles. The lowest BCUT2D eigenvalue weighted by Gasteiger charge is -2.29. The molecule has 2 unspecified atom stereocenters. The maximum absolute atomic E-state index is 11.1. The second kappa shape index (κ2) is 6.16. The number of hydrogen-bond acceptors (Lipinski definition) is 5. The highest BCUT2D eigenvalue weighted by atomic mass is 32.2. The number of carboxylic acid groups (broad SMARTS) is 1. The van der Waals surface area contributed by atoms with Crippen LogP contribution in [-0.2, 0) is 4.79 Å². The molecule has 1 aromatic rings. The minimum Gasteiger partial charge on any atom is -0.497 e. The summed E-state index contributed by atoms with van der Waals surface area (Å²) in [5.74, 6) is 2.03. The molecule has 1 aliphatic heterocycles. The van der Waals surface area contributed by atoms with Gasteiger partial charge in [0.1, 0.15) is 17.5 Å². The summed E-state index contributed by atoms with van der Waals surface area (Å²) in [6.45, 7) is 0. The van der Waals surface area contributed by atoms with Crippen LogP contribution < -0.4 is 14.8 Å². The predicted octanol–water partition coefficient (Wildman–Crippen LogP) is 1.53. The summed E-state index contributed by atoms with van der Waals surface area (Å²) in [4.78, 5) is 11.1. The van der Waals surface area contributed by atoms with E-state index in [2.05, 4.69) is 5.32 Å². The molecule has 1 heterocycles. The quantitative estimate of drug-likeness (QED) is 0.873. The molecule has 19 heavy (non-hydrogen) atoms. The van der Waals surface area contributed by atoms with Gasteiger partial charge < -0.3 is 14.6 Å². The molecular formula is C13H17NO4S. The maximum Gasteiger partial charge on any atom is 0.321 e. The van der Waals surface area contributed by atoms with Crippen molar-refractivity contribution in [3.63, 3.8) is 0 Å². The van der Waals surface area contributed by atoms with Gasteiger partial charge in [-0.25, -0.2) is 0 Å². The van der Waals surface area contributed by atoms with Gasteiger partial charge >= 0.3 is 5.97 Å². The highest BCUT2D eigenvalue weighted by Crippen LogP contribution is 2.33. The summed E-state index contributed by atoms with van der Waals surface area (Å²) in [6.07, 6.45) is 0. The molecule has 1 aliphatic rings. The number of nitrogens with one attached hydrogen (secondary N) is 1. The molecule has 5 nitrogen and oxygen atoms in total. The van der Waals surface area contributed by atoms with Crippen LogP contribution in [0.4, 0.5) is 0 Å². The number of hydrogen-bond donors (Lipinski definition) is 2. The number of methoxy groups -OCH3 is 2. The monoisotopic (exact) mass is 283 g/mol. The Bertz CT molecular complexity index is 466. The van der Waals surface area contributed by atoms with Crippen molar-refractivity contribution in [1.82, 2.24) is 5.32 Å². The van der Waals surface area contributed by atoms with Crippen LogP contribution >= 0.6 is 11.8 Å². The smallest absolute Gasteiger partial charge is 0.321 e. The molecule has 0 saturated carbocycles. The van der Waals surface area contributed by atoms with Gasteiger partial charge in [-0.05, 0) is 6.07 Å². The standard InChI is InChI=1S/C13H17NO4S/c1-17-8-3-4-9(12(5-8)18-2)10-6-19-7-11(14-10)13(15)16/h3-5,10-11,14H,6-7H2,1-2H3,(H,15,16). The van der Waals surface area contributed by atoms with Gasteiger partial charge in [0, 0.05) is 29.2 Å². The van der Waals surface area contributed by atoms with Gasteiger partial charge in [0.25, 0.3) is 0 Å². The van der Waals surface area contributed by atoms with Gasteiger partial charge in [0.2, 0.25) is 0 Å². The van der Waals surface area contributed by atoms with Gasteiger partial charge in [-0.3, -0.25) is 10.1 Å². The highest BCUT2D eigenvalue weighted by molar-refractivity contribution is 7.99. The van der Waals surface area contributed by atoms with E-state index in [1.54, 1.807) is 26.0 Å². The normalized spacial score (nSPS) is 22.8. The van der Waals surface area contributed by atoms with E-state index in [0.717, 1.165) is 17.1 Å². The first-order chi connectivity index (χ1) is 9.15. The fourth-order valence-electron chi connectivity index (χ4n) is 2.07. The van der Waals surface area contributed by atoms with Gasteiger partial charge in [-0.15, -0.1) is 0 Å². The van der Waals surface area contributed by atoms with Crippen molar-refractivity contribution in [3.05, 3.63) is 23.8 Å². The largest absolute Gasteiger partial charge is 0.497 e. The Morgan fingerprint density at radius 1 is 1.37 bits per heavy atom. The molecule has 1 fully saturated rings. The van der Waals surface area contributed by atoms with Gasteiger partial charge in [-0.2, -0.15) is 11.8 Å². The van der Waals surface area contributed by atoms with E-state index < -0.39 is 12.0 Å². The van der Waals surface area contributed by atoms with Crippen LogP contribution in [0.25, 0.3) is 0 Å². The number of thioether (sulfide) groups is 1. The third kappa shape index (κ3) is 3.13. The fourth-order valence-corrected chi connectivity index (χ4v) is 3.19. The Hall–Kier alpha value is -1.40. The van der Waals surface area contributed by atoms with Crippen LogP contribution in [0.5, 0.6) is 11.5 Å². The lowest BCUT2D eigenvalue weighted by molar-refractivity contribution is -0.139. The summed E-state index contributed by atoms with van der Waals surface area (Å²) in [7, 11) is 3.20. The van der Waals surface area contributed by atoms with Crippen molar-refractivity contribution < 1.29 is 19.4 Å². The summed E-state index contributed by atoms with van der Waals surface area (Å²) >= 11 is 1.63. The van der Waals surface area contributed by atoms with E-state index >= 15 is 0 Å². The molecule has 6 heteroatoms. The Kier molecular flexibility index (Phi) is 4.55. The number of carbonyl (C=O) groups is 1. The first-order valence-electron chi connectivity index (χ1n) is 5.94. The topological polar surface area (TPSA) is 67.8 Å². The van der Waals surface area contributed by atoms with Gasteiger partial charge in [-0.1, -0.05) is 6.07 Å². The molecule has 0 radical (unpaired) electrons. The lowest BCUT2D eigenvalue weighted by Crippen LogP contribution is -2.45. The van der Waals surface area contributed by atoms with Crippen molar-refractivity contribution in [1.29, 1.82) is 0 Å². The Balaban J connectivity index is 2.23. The molecule has 0 aromatic heterocycles.